The maximum Gasteiger partial charge on any atom is 0.423 e. The van der Waals surface area contributed by atoms with Gasteiger partial charge in [0.15, 0.2) is 5.78 Å². The van der Waals surface area contributed by atoms with E-state index in [1.807, 2.05) is 20.8 Å². The van der Waals surface area contributed by atoms with E-state index >= 15 is 0 Å². The quantitative estimate of drug-likeness (QED) is 0.469. The van der Waals surface area contributed by atoms with Crippen LogP contribution >= 0.6 is 0 Å². The monoisotopic (exact) mass is 464 g/mol. The number of hydrogen-bond donors (Lipinski definition) is 3. The number of alkyl halides is 3. The molecule has 1 aliphatic rings. The average Bonchev–Trinajstić information content (AvgIpc) is 2.77. The summed E-state index contributed by atoms with van der Waals surface area (Å²) >= 11 is 0. The molecule has 0 amide bonds. The van der Waals surface area contributed by atoms with Crippen LogP contribution in [0.5, 0.6) is 0 Å². The van der Waals surface area contributed by atoms with Gasteiger partial charge in [-0.3, -0.25) is 9.59 Å². The normalized spacial score (nSPS) is 15.0. The van der Waals surface area contributed by atoms with E-state index in [0.717, 1.165) is 18.5 Å². The summed E-state index contributed by atoms with van der Waals surface area (Å²) in [6, 6.07) is 0. The van der Waals surface area contributed by atoms with Crippen LogP contribution in [-0.2, 0) is 15.7 Å². The molecule has 1 aliphatic heterocycles. The van der Waals surface area contributed by atoms with Crippen LogP contribution < -0.4 is 16.2 Å². The van der Waals surface area contributed by atoms with Gasteiger partial charge in [-0.05, 0) is 38.3 Å². The zero-order valence-corrected chi connectivity index (χ0v) is 19.9. The van der Waals surface area contributed by atoms with Gasteiger partial charge >= 0.3 is 6.18 Å². The standard InChI is InChI=1S/C14H20F3N3O3.C6H13N.C2H6/c1-3-5-11(10(21)4-2)23-7-6-18-9-8-19-20-13(22)12(9)14(15,16)17;1-6-2-4-7-5-3-6;1-2/h8,11H,3-7H2,1-2H3,(H2,18,20,22);6-7H,2-5H2,1H3;1-2H3. The van der Waals surface area contributed by atoms with E-state index in [0.29, 0.717) is 12.8 Å². The van der Waals surface area contributed by atoms with Gasteiger partial charge in [-0.2, -0.15) is 18.3 Å². The number of ether oxygens (including phenoxy) is 1. The molecule has 186 valence electrons. The molecule has 1 aromatic heterocycles. The molecule has 1 aromatic rings. The Morgan fingerprint density at radius 1 is 1.28 bits per heavy atom. The van der Waals surface area contributed by atoms with E-state index in [1.165, 1.54) is 25.9 Å². The molecule has 2 heterocycles. The lowest BCUT2D eigenvalue weighted by atomic mass is 10.0. The summed E-state index contributed by atoms with van der Waals surface area (Å²) in [5.41, 5.74) is -3.06. The maximum absolute atomic E-state index is 12.8. The van der Waals surface area contributed by atoms with Crippen molar-refractivity contribution in [2.75, 3.05) is 31.6 Å². The number of aromatic amines is 1. The third-order valence-corrected chi connectivity index (χ3v) is 4.76. The van der Waals surface area contributed by atoms with Gasteiger partial charge in [-0.1, -0.05) is 41.0 Å². The number of halogens is 3. The largest absolute Gasteiger partial charge is 0.423 e. The van der Waals surface area contributed by atoms with Crippen LogP contribution in [-0.4, -0.2) is 48.3 Å². The first-order valence-corrected chi connectivity index (χ1v) is 11.4. The second-order valence-electron chi connectivity index (χ2n) is 7.31. The minimum atomic E-state index is -4.79. The van der Waals surface area contributed by atoms with Crippen LogP contribution in [0.2, 0.25) is 0 Å². The smallest absolute Gasteiger partial charge is 0.381 e. The molecule has 1 atom stereocenters. The van der Waals surface area contributed by atoms with Crippen LogP contribution in [0.1, 0.15) is 72.3 Å². The third kappa shape index (κ3) is 11.6. The van der Waals surface area contributed by atoms with Crippen molar-refractivity contribution in [1.82, 2.24) is 15.5 Å². The second kappa shape index (κ2) is 16.7. The van der Waals surface area contributed by atoms with Gasteiger partial charge in [0.25, 0.3) is 5.56 Å². The SMILES string of the molecule is CC.CC1CCNCC1.CCCC(OCCNc1cn[nH]c(=O)c1C(F)(F)F)C(=O)CC. The van der Waals surface area contributed by atoms with E-state index in [9.17, 15) is 22.8 Å². The van der Waals surface area contributed by atoms with Crippen molar-refractivity contribution in [3.05, 3.63) is 22.1 Å². The second-order valence-corrected chi connectivity index (χ2v) is 7.31. The number of nitrogens with zero attached hydrogens (tertiary/aromatic N) is 1. The van der Waals surface area contributed by atoms with Crippen molar-refractivity contribution >= 4 is 11.5 Å². The molecule has 1 fully saturated rings. The fourth-order valence-corrected chi connectivity index (χ4v) is 2.99. The summed E-state index contributed by atoms with van der Waals surface area (Å²) in [4.78, 5) is 22.9. The highest BCUT2D eigenvalue weighted by Gasteiger charge is 2.37. The number of carbonyl (C=O) groups excluding carboxylic acids is 1. The molecule has 1 saturated heterocycles. The van der Waals surface area contributed by atoms with Crippen LogP contribution in [0.15, 0.2) is 11.0 Å². The predicted molar refractivity (Wildman–Crippen MR) is 121 cm³/mol. The minimum Gasteiger partial charge on any atom is -0.381 e. The maximum atomic E-state index is 12.8. The van der Waals surface area contributed by atoms with E-state index in [4.69, 9.17) is 4.74 Å². The first-order valence-electron chi connectivity index (χ1n) is 11.4. The Hall–Kier alpha value is -1.94. The van der Waals surface area contributed by atoms with Crippen LogP contribution in [0.4, 0.5) is 18.9 Å². The van der Waals surface area contributed by atoms with E-state index in [1.54, 1.807) is 12.0 Å². The zero-order chi connectivity index (χ0) is 24.6. The highest BCUT2D eigenvalue weighted by Crippen LogP contribution is 2.31. The third-order valence-electron chi connectivity index (χ3n) is 4.76. The van der Waals surface area contributed by atoms with Crippen LogP contribution in [0.25, 0.3) is 0 Å². The van der Waals surface area contributed by atoms with Gasteiger partial charge in [0, 0.05) is 13.0 Å². The van der Waals surface area contributed by atoms with Crippen molar-refractivity contribution < 1.29 is 22.7 Å². The number of rotatable bonds is 9. The van der Waals surface area contributed by atoms with Gasteiger partial charge < -0.3 is 15.4 Å². The summed E-state index contributed by atoms with van der Waals surface area (Å²) in [5.74, 6) is 0.932. The Morgan fingerprint density at radius 3 is 2.38 bits per heavy atom. The number of carbonyl (C=O) groups is 1. The molecular weight excluding hydrogens is 425 g/mol. The van der Waals surface area contributed by atoms with Gasteiger partial charge in [-0.15, -0.1) is 0 Å². The highest BCUT2D eigenvalue weighted by atomic mass is 19.4. The van der Waals surface area contributed by atoms with Crippen molar-refractivity contribution in [2.24, 2.45) is 5.92 Å². The first kappa shape index (κ1) is 30.1. The summed E-state index contributed by atoms with van der Waals surface area (Å²) in [5, 5.41) is 10.9. The average molecular weight is 465 g/mol. The van der Waals surface area contributed by atoms with E-state index < -0.39 is 29.1 Å². The summed E-state index contributed by atoms with van der Waals surface area (Å²) < 4.78 is 43.9. The number of piperidine rings is 1. The first-order chi connectivity index (χ1) is 15.2. The van der Waals surface area contributed by atoms with Gasteiger partial charge in [0.1, 0.15) is 11.7 Å². The molecule has 0 radical (unpaired) electrons. The lowest BCUT2D eigenvalue weighted by molar-refractivity contribution is -0.138. The molecule has 0 saturated carbocycles. The molecular formula is C22H39F3N4O3. The van der Waals surface area contributed by atoms with Crippen molar-refractivity contribution in [1.29, 1.82) is 0 Å². The Bertz CT molecular complexity index is 690. The van der Waals surface area contributed by atoms with Crippen LogP contribution in [0, 0.1) is 5.92 Å². The number of anilines is 1. The summed E-state index contributed by atoms with van der Waals surface area (Å²) in [7, 11) is 0. The van der Waals surface area contributed by atoms with Crippen molar-refractivity contribution in [2.45, 2.75) is 79.0 Å². The molecule has 0 aliphatic carbocycles. The van der Waals surface area contributed by atoms with Gasteiger partial charge in [-0.25, -0.2) is 5.10 Å². The van der Waals surface area contributed by atoms with Crippen molar-refractivity contribution in [3.63, 3.8) is 0 Å². The molecule has 0 bridgehead atoms. The van der Waals surface area contributed by atoms with Gasteiger partial charge in [0.05, 0.1) is 18.5 Å². The number of hydrogen-bond acceptors (Lipinski definition) is 6. The predicted octanol–water partition coefficient (Wildman–Crippen LogP) is 4.40. The highest BCUT2D eigenvalue weighted by molar-refractivity contribution is 5.82. The van der Waals surface area contributed by atoms with E-state index in [2.05, 4.69) is 22.7 Å². The number of H-pyrrole nitrogens is 1. The lowest BCUT2D eigenvalue weighted by Gasteiger charge is -2.17. The zero-order valence-electron chi connectivity index (χ0n) is 19.9. The number of Topliss-reactive ketones (excluding diaryl/α,β-unsaturated/α-hetero) is 1. The van der Waals surface area contributed by atoms with Gasteiger partial charge in [0.2, 0.25) is 0 Å². The topological polar surface area (TPSA) is 96.1 Å². The fourth-order valence-electron chi connectivity index (χ4n) is 2.99. The molecule has 1 unspecified atom stereocenters. The Kier molecular flexibility index (Phi) is 15.6. The minimum absolute atomic E-state index is 0.0193. The molecule has 10 heteroatoms. The molecule has 32 heavy (non-hydrogen) atoms. The molecule has 7 nitrogen and oxygen atoms in total. The van der Waals surface area contributed by atoms with E-state index in [-0.39, 0.29) is 18.9 Å². The molecule has 3 N–H and O–H groups in total. The number of nitrogens with one attached hydrogen (secondary N) is 3. The lowest BCUT2D eigenvalue weighted by Crippen LogP contribution is -2.28. The fraction of sp³-hybridized carbons (Fsp3) is 0.773. The molecule has 0 spiro atoms. The van der Waals surface area contributed by atoms with Crippen LogP contribution in [0.3, 0.4) is 0 Å². The summed E-state index contributed by atoms with van der Waals surface area (Å²) in [6.45, 7) is 12.5. The molecule has 0 aromatic carbocycles. The molecule has 2 rings (SSSR count). The Morgan fingerprint density at radius 2 is 1.91 bits per heavy atom. The number of ketones is 1. The Balaban J connectivity index is 0.000000889. The Labute approximate surface area is 188 Å². The van der Waals surface area contributed by atoms with Crippen molar-refractivity contribution in [3.8, 4) is 0 Å². The number of aromatic nitrogens is 2. The summed E-state index contributed by atoms with van der Waals surface area (Å²) in [6.07, 6.45) is -0.0271.